The second-order valence-electron chi connectivity index (χ2n) is 6.34. The molecule has 0 bridgehead atoms. The maximum atomic E-state index is 5.93. The van der Waals surface area contributed by atoms with Gasteiger partial charge in [0, 0.05) is 31.6 Å². The van der Waals surface area contributed by atoms with Gasteiger partial charge in [0.1, 0.15) is 5.82 Å². The van der Waals surface area contributed by atoms with Crippen LogP contribution in [0.15, 0.2) is 23.1 Å². The SMILES string of the molecule is CC1CCCNC1.CN1C=C(c2cnn3c(N)c(Br)cnc23)CN1. The Balaban J connectivity index is 0.000000203. The van der Waals surface area contributed by atoms with E-state index >= 15 is 0 Å². The maximum Gasteiger partial charge on any atom is 0.165 e. The van der Waals surface area contributed by atoms with E-state index in [4.69, 9.17) is 5.73 Å². The Kier molecular flexibility index (Phi) is 5.37. The predicted molar refractivity (Wildman–Crippen MR) is 100 cm³/mol. The smallest absolute Gasteiger partial charge is 0.165 e. The molecule has 0 spiro atoms. The monoisotopic (exact) mass is 393 g/mol. The number of nitrogen functional groups attached to an aromatic ring is 1. The molecule has 0 amide bonds. The Morgan fingerprint density at radius 1 is 1.38 bits per heavy atom. The number of fused-ring (bicyclic) bond motifs is 1. The van der Waals surface area contributed by atoms with E-state index in [2.05, 4.69) is 43.7 Å². The number of hydrazine groups is 1. The van der Waals surface area contributed by atoms with Crippen LogP contribution in [0.5, 0.6) is 0 Å². The van der Waals surface area contributed by atoms with Crippen molar-refractivity contribution in [2.75, 3.05) is 32.4 Å². The van der Waals surface area contributed by atoms with E-state index < -0.39 is 0 Å². The average Bonchev–Trinajstić information content (AvgIpc) is 3.18. The molecule has 1 saturated heterocycles. The van der Waals surface area contributed by atoms with Gasteiger partial charge in [-0.1, -0.05) is 6.92 Å². The second-order valence-corrected chi connectivity index (χ2v) is 7.19. The van der Waals surface area contributed by atoms with Crippen LogP contribution in [0, 0.1) is 5.92 Å². The van der Waals surface area contributed by atoms with Gasteiger partial charge in [0.05, 0.1) is 10.7 Å². The molecular formula is C16H24BrN7. The molecule has 2 aliphatic rings. The van der Waals surface area contributed by atoms with Crippen molar-refractivity contribution in [3.8, 4) is 0 Å². The Hall–Kier alpha value is -1.64. The Morgan fingerprint density at radius 3 is 2.79 bits per heavy atom. The van der Waals surface area contributed by atoms with Gasteiger partial charge in [0.15, 0.2) is 5.65 Å². The quantitative estimate of drug-likeness (QED) is 0.685. The molecule has 0 radical (unpaired) electrons. The van der Waals surface area contributed by atoms with Crippen LogP contribution < -0.4 is 16.5 Å². The van der Waals surface area contributed by atoms with Crippen LogP contribution in [0.3, 0.4) is 0 Å². The van der Waals surface area contributed by atoms with Crippen molar-refractivity contribution >= 4 is 33.0 Å². The molecule has 4 N–H and O–H groups in total. The topological polar surface area (TPSA) is 83.5 Å². The lowest BCUT2D eigenvalue weighted by atomic mass is 10.0. The normalized spacial score (nSPS) is 20.7. The lowest BCUT2D eigenvalue weighted by molar-refractivity contribution is 0.374. The Labute approximate surface area is 150 Å². The molecule has 0 aliphatic carbocycles. The van der Waals surface area contributed by atoms with E-state index in [0.29, 0.717) is 5.82 Å². The fourth-order valence-corrected chi connectivity index (χ4v) is 3.15. The summed E-state index contributed by atoms with van der Waals surface area (Å²) < 4.78 is 2.38. The number of nitrogens with zero attached hydrogens (tertiary/aromatic N) is 4. The standard InChI is InChI=1S/C10H11BrN6.C6H13N/c1-16-5-6(2-14-16)7-3-15-17-9(12)8(11)4-13-10(7)17;1-6-3-2-4-7-5-6/h3-5,14H,2,12H2,1H3;6-7H,2-5H2,1H3. The zero-order valence-electron chi connectivity index (χ0n) is 14.1. The zero-order chi connectivity index (χ0) is 17.1. The molecule has 0 aromatic carbocycles. The number of nitrogens with two attached hydrogens (primary N) is 1. The van der Waals surface area contributed by atoms with E-state index in [9.17, 15) is 0 Å². The van der Waals surface area contributed by atoms with E-state index in [-0.39, 0.29) is 0 Å². The third-order valence-corrected chi connectivity index (χ3v) is 4.89. The minimum atomic E-state index is 0.557. The van der Waals surface area contributed by atoms with Crippen molar-refractivity contribution in [3.63, 3.8) is 0 Å². The highest BCUT2D eigenvalue weighted by Crippen LogP contribution is 2.25. The van der Waals surface area contributed by atoms with Crippen molar-refractivity contribution < 1.29 is 0 Å². The lowest BCUT2D eigenvalue weighted by Gasteiger charge is -2.17. The minimum absolute atomic E-state index is 0.557. The number of piperidine rings is 1. The average molecular weight is 394 g/mol. The molecule has 0 saturated carbocycles. The highest BCUT2D eigenvalue weighted by molar-refractivity contribution is 9.10. The molecule has 1 unspecified atom stereocenters. The largest absolute Gasteiger partial charge is 0.383 e. The van der Waals surface area contributed by atoms with Crippen molar-refractivity contribution in [2.45, 2.75) is 19.8 Å². The molecule has 2 aromatic heterocycles. The summed E-state index contributed by atoms with van der Waals surface area (Å²) in [6, 6.07) is 0. The number of aromatic nitrogens is 3. The number of nitrogens with one attached hydrogen (secondary N) is 2. The molecule has 1 atom stereocenters. The molecular weight excluding hydrogens is 370 g/mol. The van der Waals surface area contributed by atoms with Gasteiger partial charge in [0.25, 0.3) is 0 Å². The van der Waals surface area contributed by atoms with Crippen LogP contribution in [0.1, 0.15) is 25.3 Å². The summed E-state index contributed by atoms with van der Waals surface area (Å²) in [4.78, 5) is 4.36. The summed E-state index contributed by atoms with van der Waals surface area (Å²) in [6.07, 6.45) is 8.31. The summed E-state index contributed by atoms with van der Waals surface area (Å²) in [5, 5.41) is 9.51. The van der Waals surface area contributed by atoms with Gasteiger partial charge in [-0.2, -0.15) is 9.61 Å². The summed E-state index contributed by atoms with van der Waals surface area (Å²) >= 11 is 3.34. The van der Waals surface area contributed by atoms with Gasteiger partial charge in [-0.15, -0.1) is 0 Å². The molecule has 1 fully saturated rings. The zero-order valence-corrected chi connectivity index (χ0v) is 15.7. The van der Waals surface area contributed by atoms with E-state index in [1.54, 1.807) is 16.9 Å². The number of anilines is 1. The number of hydrogen-bond acceptors (Lipinski definition) is 6. The fourth-order valence-electron chi connectivity index (χ4n) is 2.88. The molecule has 7 nitrogen and oxygen atoms in total. The molecule has 4 heterocycles. The Morgan fingerprint density at radius 2 is 2.21 bits per heavy atom. The predicted octanol–water partition coefficient (Wildman–Crippen LogP) is 1.87. The Bertz CT molecular complexity index is 733. The van der Waals surface area contributed by atoms with Gasteiger partial charge in [-0.25, -0.2) is 10.4 Å². The van der Waals surface area contributed by atoms with Gasteiger partial charge in [-0.3, -0.25) is 0 Å². The maximum absolute atomic E-state index is 5.93. The summed E-state index contributed by atoms with van der Waals surface area (Å²) in [6.45, 7) is 5.55. The summed E-state index contributed by atoms with van der Waals surface area (Å²) in [7, 11) is 1.96. The molecule has 2 aromatic rings. The van der Waals surface area contributed by atoms with Crippen LogP contribution in [0.2, 0.25) is 0 Å². The highest BCUT2D eigenvalue weighted by Gasteiger charge is 2.17. The van der Waals surface area contributed by atoms with Crippen molar-refractivity contribution in [3.05, 3.63) is 28.6 Å². The van der Waals surface area contributed by atoms with Crippen LogP contribution in [0.25, 0.3) is 11.2 Å². The van der Waals surface area contributed by atoms with Gasteiger partial charge >= 0.3 is 0 Å². The third-order valence-electron chi connectivity index (χ3n) is 4.27. The second kappa shape index (κ2) is 7.50. The first-order valence-corrected chi connectivity index (χ1v) is 9.01. The molecule has 8 heteroatoms. The molecule has 4 rings (SSSR count). The molecule has 130 valence electrons. The molecule has 2 aliphatic heterocycles. The van der Waals surface area contributed by atoms with Crippen LogP contribution in [-0.2, 0) is 0 Å². The summed E-state index contributed by atoms with van der Waals surface area (Å²) in [5.41, 5.74) is 12.0. The lowest BCUT2D eigenvalue weighted by Crippen LogP contribution is -2.27. The number of halogens is 1. The first kappa shape index (κ1) is 17.2. The van der Waals surface area contributed by atoms with E-state index in [0.717, 1.165) is 33.7 Å². The number of rotatable bonds is 1. The van der Waals surface area contributed by atoms with Gasteiger partial charge < -0.3 is 16.1 Å². The summed E-state index contributed by atoms with van der Waals surface area (Å²) in [5.74, 6) is 1.48. The van der Waals surface area contributed by atoms with Crippen molar-refractivity contribution in [1.29, 1.82) is 0 Å². The number of hydrogen-bond donors (Lipinski definition) is 3. The van der Waals surface area contributed by atoms with Crippen LogP contribution in [0.4, 0.5) is 5.82 Å². The van der Waals surface area contributed by atoms with Crippen LogP contribution in [-0.4, -0.2) is 46.3 Å². The van der Waals surface area contributed by atoms with Crippen LogP contribution >= 0.6 is 15.9 Å². The third kappa shape index (κ3) is 3.71. The molecule has 24 heavy (non-hydrogen) atoms. The highest BCUT2D eigenvalue weighted by atomic mass is 79.9. The first-order chi connectivity index (χ1) is 11.6. The minimum Gasteiger partial charge on any atom is -0.383 e. The van der Waals surface area contributed by atoms with Crippen molar-refractivity contribution in [2.24, 2.45) is 5.92 Å². The van der Waals surface area contributed by atoms with Crippen molar-refractivity contribution in [1.82, 2.24) is 30.3 Å². The van der Waals surface area contributed by atoms with Gasteiger partial charge in [-0.05, 0) is 53.4 Å². The van der Waals surface area contributed by atoms with E-state index in [1.807, 2.05) is 18.3 Å². The van der Waals surface area contributed by atoms with Gasteiger partial charge in [0.2, 0.25) is 0 Å². The fraction of sp³-hybridized carbons (Fsp3) is 0.500. The first-order valence-electron chi connectivity index (χ1n) is 8.22. The van der Waals surface area contributed by atoms with E-state index in [1.165, 1.54) is 25.9 Å².